The van der Waals surface area contributed by atoms with E-state index in [-0.39, 0.29) is 17.9 Å². The summed E-state index contributed by atoms with van der Waals surface area (Å²) in [5, 5.41) is 14.2. The predicted octanol–water partition coefficient (Wildman–Crippen LogP) is 4.50. The molecule has 2 heterocycles. The molecular weight excluding hydrogens is 392 g/mol. The largest absolute Gasteiger partial charge is 0.507 e. The molecule has 4 rings (SSSR count). The molecule has 7 heteroatoms. The fraction of sp³-hybridized carbons (Fsp3) is 0.375. The first kappa shape index (κ1) is 20.9. The number of carbonyl (C=O) groups is 1. The highest BCUT2D eigenvalue weighted by Gasteiger charge is 2.25. The number of nitrogens with one attached hydrogen (secondary N) is 1. The van der Waals surface area contributed by atoms with Gasteiger partial charge in [0.15, 0.2) is 5.82 Å². The molecular formula is C24H28N4O3. The number of ether oxygens (including phenoxy) is 1. The number of hydrogen-bond acceptors (Lipinski definition) is 6. The van der Waals surface area contributed by atoms with E-state index in [0.29, 0.717) is 11.4 Å². The zero-order chi connectivity index (χ0) is 22.0. The molecule has 0 atom stereocenters. The van der Waals surface area contributed by atoms with E-state index in [1.165, 1.54) is 0 Å². The Bertz CT molecular complexity index is 1090. The van der Waals surface area contributed by atoms with Gasteiger partial charge >= 0.3 is 6.09 Å². The molecule has 1 aliphatic heterocycles. The van der Waals surface area contributed by atoms with Gasteiger partial charge in [-0.15, -0.1) is 0 Å². The summed E-state index contributed by atoms with van der Waals surface area (Å²) in [4.78, 5) is 23.8. The number of phenolic OH excluding ortho intramolecular Hbond substituents is 1. The van der Waals surface area contributed by atoms with Crippen LogP contribution >= 0.6 is 0 Å². The minimum absolute atomic E-state index is 0.0665. The number of nitrogens with zero attached hydrogens (tertiary/aromatic N) is 3. The molecule has 0 saturated carbocycles. The summed E-state index contributed by atoms with van der Waals surface area (Å²) < 4.78 is 5.38. The van der Waals surface area contributed by atoms with Crippen LogP contribution in [-0.2, 0) is 4.74 Å². The molecule has 0 unspecified atom stereocenters. The zero-order valence-corrected chi connectivity index (χ0v) is 18.1. The highest BCUT2D eigenvalue weighted by molar-refractivity contribution is 5.91. The Labute approximate surface area is 182 Å². The zero-order valence-electron chi connectivity index (χ0n) is 18.1. The summed E-state index contributed by atoms with van der Waals surface area (Å²) in [6, 6.07) is 15.1. The Morgan fingerprint density at radius 3 is 2.45 bits per heavy atom. The third-order valence-electron chi connectivity index (χ3n) is 5.24. The monoisotopic (exact) mass is 420 g/mol. The molecule has 1 saturated heterocycles. The molecule has 31 heavy (non-hydrogen) atoms. The van der Waals surface area contributed by atoms with E-state index in [0.717, 1.165) is 42.7 Å². The number of fused-ring (bicyclic) bond motifs is 1. The van der Waals surface area contributed by atoms with E-state index >= 15 is 0 Å². The first-order valence-corrected chi connectivity index (χ1v) is 10.6. The number of carbonyl (C=O) groups excluding carboxylic acids is 1. The van der Waals surface area contributed by atoms with Crippen molar-refractivity contribution in [3.05, 3.63) is 48.5 Å². The summed E-state index contributed by atoms with van der Waals surface area (Å²) in [6.45, 7) is 7.08. The fourth-order valence-corrected chi connectivity index (χ4v) is 3.79. The van der Waals surface area contributed by atoms with Gasteiger partial charge in [0.2, 0.25) is 0 Å². The number of anilines is 1. The first-order valence-electron chi connectivity index (χ1n) is 10.6. The highest BCUT2D eigenvalue weighted by atomic mass is 16.6. The molecule has 0 aliphatic carbocycles. The van der Waals surface area contributed by atoms with Gasteiger partial charge < -0.3 is 20.1 Å². The van der Waals surface area contributed by atoms with Gasteiger partial charge in [0.05, 0.1) is 11.1 Å². The summed E-state index contributed by atoms with van der Waals surface area (Å²) >= 11 is 0. The minimum Gasteiger partial charge on any atom is -0.507 e. The van der Waals surface area contributed by atoms with E-state index < -0.39 is 5.60 Å². The Morgan fingerprint density at radius 2 is 1.74 bits per heavy atom. The van der Waals surface area contributed by atoms with Gasteiger partial charge in [-0.25, -0.2) is 14.8 Å². The van der Waals surface area contributed by atoms with Crippen LogP contribution < -0.4 is 10.2 Å². The highest BCUT2D eigenvalue weighted by Crippen LogP contribution is 2.32. The maximum Gasteiger partial charge on any atom is 0.407 e. The number of alkyl carbamates (subject to hydrolysis) is 1. The lowest BCUT2D eigenvalue weighted by atomic mass is 10.0. The topological polar surface area (TPSA) is 87.6 Å². The van der Waals surface area contributed by atoms with Crippen molar-refractivity contribution in [2.45, 2.75) is 45.3 Å². The van der Waals surface area contributed by atoms with Crippen LogP contribution in [0.1, 0.15) is 33.6 Å². The van der Waals surface area contributed by atoms with Crippen molar-refractivity contribution < 1.29 is 14.6 Å². The van der Waals surface area contributed by atoms with E-state index in [9.17, 15) is 9.90 Å². The quantitative estimate of drug-likeness (QED) is 0.649. The molecule has 162 valence electrons. The fourth-order valence-electron chi connectivity index (χ4n) is 3.79. The Hall–Kier alpha value is -3.35. The predicted molar refractivity (Wildman–Crippen MR) is 121 cm³/mol. The normalized spacial score (nSPS) is 15.1. The summed E-state index contributed by atoms with van der Waals surface area (Å²) in [7, 11) is 0. The molecule has 1 fully saturated rings. The molecule has 2 aromatic carbocycles. The molecule has 3 aromatic rings. The third kappa shape index (κ3) is 4.87. The molecule has 1 aromatic heterocycles. The molecule has 1 amide bonds. The molecule has 0 radical (unpaired) electrons. The van der Waals surface area contributed by atoms with Gasteiger partial charge in [-0.1, -0.05) is 24.3 Å². The maximum absolute atomic E-state index is 12.1. The van der Waals surface area contributed by atoms with Crippen LogP contribution in [0, 0.1) is 0 Å². The van der Waals surface area contributed by atoms with Crippen LogP contribution in [0.3, 0.4) is 0 Å². The van der Waals surface area contributed by atoms with E-state index in [4.69, 9.17) is 9.72 Å². The number of rotatable bonds is 3. The van der Waals surface area contributed by atoms with E-state index in [1.54, 1.807) is 12.1 Å². The van der Waals surface area contributed by atoms with Crippen LogP contribution in [0.5, 0.6) is 5.75 Å². The number of hydrogen-bond donors (Lipinski definition) is 2. The Balaban J connectivity index is 1.56. The number of benzene rings is 2. The van der Waals surface area contributed by atoms with Crippen molar-refractivity contribution in [2.75, 3.05) is 18.0 Å². The number of aromatic nitrogens is 2. The van der Waals surface area contributed by atoms with Crippen LogP contribution in [0.4, 0.5) is 10.6 Å². The number of phenols is 1. The second-order valence-corrected chi connectivity index (χ2v) is 8.81. The van der Waals surface area contributed by atoms with Crippen molar-refractivity contribution >= 4 is 22.8 Å². The molecule has 2 N–H and O–H groups in total. The molecule has 1 aliphatic rings. The molecule has 7 nitrogen and oxygen atoms in total. The standard InChI is InChI=1S/C24H28N4O3/c1-24(2,3)31-23(30)25-16-12-14-28(15-13-16)22-17-8-4-6-10-19(17)26-21(27-22)18-9-5-7-11-20(18)29/h4-11,16,29H,12-15H2,1-3H3,(H,25,30). The summed E-state index contributed by atoms with van der Waals surface area (Å²) in [5.41, 5.74) is 0.931. The third-order valence-corrected chi connectivity index (χ3v) is 5.24. The number of piperidine rings is 1. The number of para-hydroxylation sites is 2. The van der Waals surface area contributed by atoms with Gasteiger partial charge in [-0.05, 0) is 57.9 Å². The average Bonchev–Trinajstić information content (AvgIpc) is 2.72. The first-order chi connectivity index (χ1) is 14.8. The minimum atomic E-state index is -0.510. The van der Waals surface area contributed by atoms with Gasteiger partial charge in [-0.3, -0.25) is 0 Å². The summed E-state index contributed by atoms with van der Waals surface area (Å²) in [5.74, 6) is 1.50. The Morgan fingerprint density at radius 1 is 1.06 bits per heavy atom. The van der Waals surface area contributed by atoms with Gasteiger partial charge in [0, 0.05) is 24.5 Å². The van der Waals surface area contributed by atoms with E-state index in [1.807, 2.05) is 57.2 Å². The molecule has 0 spiro atoms. The van der Waals surface area contributed by atoms with Gasteiger partial charge in [-0.2, -0.15) is 0 Å². The van der Waals surface area contributed by atoms with E-state index in [2.05, 4.69) is 15.2 Å². The Kier molecular flexibility index (Phi) is 5.67. The summed E-state index contributed by atoms with van der Waals surface area (Å²) in [6.07, 6.45) is 1.22. The lowest BCUT2D eigenvalue weighted by molar-refractivity contribution is 0.0497. The SMILES string of the molecule is CC(C)(C)OC(=O)NC1CCN(c2nc(-c3ccccc3O)nc3ccccc23)CC1. The lowest BCUT2D eigenvalue weighted by Gasteiger charge is -2.34. The van der Waals surface area contributed by atoms with Gasteiger partial charge in [0.25, 0.3) is 0 Å². The second-order valence-electron chi connectivity index (χ2n) is 8.81. The van der Waals surface area contributed by atoms with Crippen molar-refractivity contribution in [2.24, 2.45) is 0 Å². The van der Waals surface area contributed by atoms with Crippen molar-refractivity contribution in [3.63, 3.8) is 0 Å². The maximum atomic E-state index is 12.1. The van der Waals surface area contributed by atoms with Crippen LogP contribution in [0.15, 0.2) is 48.5 Å². The number of aromatic hydroxyl groups is 1. The number of amides is 1. The van der Waals surface area contributed by atoms with Crippen molar-refractivity contribution in [1.82, 2.24) is 15.3 Å². The average molecular weight is 421 g/mol. The second kappa shape index (κ2) is 8.41. The van der Waals surface area contributed by atoms with Crippen molar-refractivity contribution in [1.29, 1.82) is 0 Å². The smallest absolute Gasteiger partial charge is 0.407 e. The van der Waals surface area contributed by atoms with Crippen LogP contribution in [0.25, 0.3) is 22.3 Å². The van der Waals surface area contributed by atoms with Crippen molar-refractivity contribution in [3.8, 4) is 17.1 Å². The lowest BCUT2D eigenvalue weighted by Crippen LogP contribution is -2.46. The van der Waals surface area contributed by atoms with Crippen LogP contribution in [-0.4, -0.2) is 45.9 Å². The molecule has 0 bridgehead atoms. The van der Waals surface area contributed by atoms with Gasteiger partial charge in [0.1, 0.15) is 17.2 Å². The van der Waals surface area contributed by atoms with Crippen LogP contribution in [0.2, 0.25) is 0 Å².